The molecule has 0 radical (unpaired) electrons. The van der Waals surface area contributed by atoms with Crippen LogP contribution in [-0.2, 0) is 0 Å². The molecule has 0 saturated heterocycles. The molecule has 0 fully saturated rings. The fraction of sp³-hybridized carbons (Fsp3) is 0. The fourth-order valence-electron chi connectivity index (χ4n) is 3.52. The molecule has 8 aromatic heterocycles. The number of rotatable bonds is 0. The summed E-state index contributed by atoms with van der Waals surface area (Å²) < 4.78 is 6.86. The first kappa shape index (κ1) is 16.6. The van der Waals surface area contributed by atoms with Gasteiger partial charge in [0, 0.05) is 31.0 Å². The summed E-state index contributed by atoms with van der Waals surface area (Å²) in [6, 6.07) is 0. The lowest BCUT2D eigenvalue weighted by Crippen LogP contribution is -2.30. The fourth-order valence-corrected chi connectivity index (χ4v) is 3.52. The number of aromatic nitrogens is 14. The molecule has 14 nitrogen and oxygen atoms in total. The normalized spacial score (nSPS) is 11.8. The Balaban J connectivity index is 0.000000113. The number of hydrogen-bond donors (Lipinski definition) is 0. The van der Waals surface area contributed by atoms with E-state index in [1.165, 1.54) is 0 Å². The van der Waals surface area contributed by atoms with Gasteiger partial charge in [0.05, 0.1) is 11.8 Å². The maximum Gasteiger partial charge on any atom is 0.371 e. The minimum absolute atomic E-state index is 0.593. The Morgan fingerprint density at radius 3 is 2.06 bits per heavy atom. The molecule has 152 valence electrons. The van der Waals surface area contributed by atoms with Crippen LogP contribution < -0.4 is 19.5 Å². The largest absolute Gasteiger partial charge is 0.371 e. The molecule has 8 rings (SSSR count). The number of hydrogen-bond acceptors (Lipinski definition) is 8. The van der Waals surface area contributed by atoms with E-state index in [1.807, 2.05) is 6.20 Å². The average molecular weight is 422 g/mol. The highest BCUT2D eigenvalue weighted by Crippen LogP contribution is 2.09. The molecular formula is C18H10N14. The Bertz CT molecular complexity index is 1760. The van der Waals surface area contributed by atoms with E-state index in [1.54, 1.807) is 74.1 Å². The molecule has 0 spiro atoms. The summed E-state index contributed by atoms with van der Waals surface area (Å²) in [5, 5.41) is 8.59. The molecule has 0 aliphatic rings. The summed E-state index contributed by atoms with van der Waals surface area (Å²) in [4.78, 5) is 33.6. The lowest BCUT2D eigenvalue weighted by molar-refractivity contribution is -0.672. The molecule has 0 bridgehead atoms. The van der Waals surface area contributed by atoms with Gasteiger partial charge in [-0.1, -0.05) is 4.63 Å². The van der Waals surface area contributed by atoms with Gasteiger partial charge < -0.3 is 9.97 Å². The van der Waals surface area contributed by atoms with Crippen molar-refractivity contribution >= 4 is 44.9 Å². The van der Waals surface area contributed by atoms with Gasteiger partial charge in [0.25, 0.3) is 0 Å². The highest BCUT2D eigenvalue weighted by atomic mass is 15.5. The van der Waals surface area contributed by atoms with Gasteiger partial charge in [-0.3, -0.25) is 0 Å². The molecule has 0 aliphatic heterocycles. The zero-order valence-corrected chi connectivity index (χ0v) is 16.0. The Morgan fingerprint density at radius 2 is 1.22 bits per heavy atom. The van der Waals surface area contributed by atoms with Crippen molar-refractivity contribution in [1.82, 2.24) is 59.1 Å². The van der Waals surface area contributed by atoms with E-state index in [9.17, 15) is 0 Å². The minimum atomic E-state index is 0.593. The average Bonchev–Trinajstić information content (AvgIpc) is 3.56. The smallest absolute Gasteiger partial charge is 0.363 e. The van der Waals surface area contributed by atoms with E-state index in [-0.39, 0.29) is 0 Å². The van der Waals surface area contributed by atoms with Gasteiger partial charge in [-0.15, -0.1) is 14.2 Å². The molecule has 8 aromatic rings. The summed E-state index contributed by atoms with van der Waals surface area (Å²) in [5.74, 6) is 0. The standard InChI is InChI=1S/2C9H5N7/c1-3-12-8-6(10-1)5-15-14-7-9(16(8)15)13-4-2-11-7;1-3-12-8-6(10-1)5-15-9-7(14-16(8)15)11-2-4-13-9/h2*1-5H. The maximum atomic E-state index is 4.31. The van der Waals surface area contributed by atoms with Gasteiger partial charge in [0.2, 0.25) is 6.20 Å². The minimum Gasteiger partial charge on any atom is -0.363 e. The van der Waals surface area contributed by atoms with E-state index in [2.05, 4.69) is 50.1 Å². The molecular weight excluding hydrogens is 412 g/mol. The predicted octanol–water partition coefficient (Wildman–Crippen LogP) is -1.26. The lowest BCUT2D eigenvalue weighted by Gasteiger charge is -1.90. The molecule has 8 heterocycles. The molecule has 0 aromatic carbocycles. The zero-order valence-electron chi connectivity index (χ0n) is 16.0. The van der Waals surface area contributed by atoms with Crippen molar-refractivity contribution in [1.29, 1.82) is 0 Å². The van der Waals surface area contributed by atoms with Gasteiger partial charge >= 0.3 is 5.65 Å². The molecule has 32 heavy (non-hydrogen) atoms. The van der Waals surface area contributed by atoms with E-state index in [4.69, 9.17) is 0 Å². The van der Waals surface area contributed by atoms with Gasteiger partial charge in [-0.2, -0.15) is 5.10 Å². The van der Waals surface area contributed by atoms with Crippen molar-refractivity contribution < 1.29 is 9.26 Å². The van der Waals surface area contributed by atoms with Crippen LogP contribution in [0.5, 0.6) is 0 Å². The third-order valence-electron chi connectivity index (χ3n) is 4.82. The maximum absolute atomic E-state index is 4.31. The van der Waals surface area contributed by atoms with Crippen LogP contribution in [0.25, 0.3) is 44.9 Å². The molecule has 0 N–H and O–H groups in total. The van der Waals surface area contributed by atoms with Crippen LogP contribution in [0.2, 0.25) is 0 Å². The summed E-state index contributed by atoms with van der Waals surface area (Å²) in [5.41, 5.74) is 5.54. The highest BCUT2D eigenvalue weighted by molar-refractivity contribution is 5.73. The van der Waals surface area contributed by atoms with Gasteiger partial charge in [0.1, 0.15) is 11.3 Å². The van der Waals surface area contributed by atoms with Crippen LogP contribution >= 0.6 is 0 Å². The van der Waals surface area contributed by atoms with Crippen molar-refractivity contribution in [3.63, 3.8) is 0 Å². The van der Waals surface area contributed by atoms with Crippen molar-refractivity contribution in [2.24, 2.45) is 0 Å². The van der Waals surface area contributed by atoms with Crippen LogP contribution in [0.1, 0.15) is 0 Å². The van der Waals surface area contributed by atoms with Crippen LogP contribution in [0.4, 0.5) is 0 Å². The second-order valence-electron chi connectivity index (χ2n) is 6.66. The second kappa shape index (κ2) is 6.18. The molecule has 0 saturated carbocycles. The topological polar surface area (TPSA) is 148 Å². The first-order valence-electron chi connectivity index (χ1n) is 9.42. The summed E-state index contributed by atoms with van der Waals surface area (Å²) in [6.45, 7) is 0. The van der Waals surface area contributed by atoms with Crippen LogP contribution in [0, 0.1) is 0 Å². The van der Waals surface area contributed by atoms with E-state index >= 15 is 0 Å². The summed E-state index contributed by atoms with van der Waals surface area (Å²) in [7, 11) is 0. The van der Waals surface area contributed by atoms with E-state index in [0.29, 0.717) is 28.2 Å². The third-order valence-corrected chi connectivity index (χ3v) is 4.82. The van der Waals surface area contributed by atoms with Crippen LogP contribution in [0.15, 0.2) is 62.0 Å². The first-order chi connectivity index (χ1) is 15.9. The first-order valence-corrected chi connectivity index (χ1v) is 9.42. The van der Waals surface area contributed by atoms with E-state index < -0.39 is 0 Å². The Morgan fingerprint density at radius 1 is 0.594 bits per heavy atom. The van der Waals surface area contributed by atoms with Crippen molar-refractivity contribution in [2.45, 2.75) is 0 Å². The molecule has 14 heteroatoms. The third kappa shape index (κ3) is 2.28. The molecule has 0 atom stereocenters. The quantitative estimate of drug-likeness (QED) is 0.271. The van der Waals surface area contributed by atoms with Crippen LogP contribution in [0.3, 0.4) is 0 Å². The Hall–Kier alpha value is -5.14. The van der Waals surface area contributed by atoms with Crippen molar-refractivity contribution in [3.05, 3.63) is 62.0 Å². The van der Waals surface area contributed by atoms with E-state index in [0.717, 1.165) is 16.7 Å². The molecule has 0 aliphatic carbocycles. The second-order valence-corrected chi connectivity index (χ2v) is 6.66. The van der Waals surface area contributed by atoms with Gasteiger partial charge in [-0.05, 0) is 17.4 Å². The van der Waals surface area contributed by atoms with Crippen molar-refractivity contribution in [3.8, 4) is 0 Å². The van der Waals surface area contributed by atoms with Gasteiger partial charge in [0.15, 0.2) is 28.5 Å². The Labute approximate surface area is 175 Å². The summed E-state index contributed by atoms with van der Waals surface area (Å²) >= 11 is 0. The summed E-state index contributed by atoms with van der Waals surface area (Å²) in [6.07, 6.45) is 16.7. The molecule has 0 amide bonds. The lowest BCUT2D eigenvalue weighted by atomic mass is 10.5. The SMILES string of the molecule is c1cnc2c(c[n+]3[n-]c4nccnc4n23)n1.c1cnc2c(cn3c4nccnc4[n-][n+]23)n1. The number of nitrogens with zero attached hydrogens (tertiary/aromatic N) is 14. The zero-order chi connectivity index (χ0) is 21.1. The number of fused-ring (bicyclic) bond motifs is 10. The van der Waals surface area contributed by atoms with Gasteiger partial charge in [-0.25, -0.2) is 29.4 Å². The Kier molecular flexibility index (Phi) is 3.21. The monoisotopic (exact) mass is 422 g/mol. The molecule has 0 unspecified atom stereocenters. The predicted molar refractivity (Wildman–Crippen MR) is 105 cm³/mol. The van der Waals surface area contributed by atoms with Crippen molar-refractivity contribution in [2.75, 3.05) is 0 Å². The highest BCUT2D eigenvalue weighted by Gasteiger charge is 2.14. The van der Waals surface area contributed by atoms with Crippen LogP contribution in [-0.4, -0.2) is 48.9 Å².